The van der Waals surface area contributed by atoms with Crippen molar-refractivity contribution in [3.05, 3.63) is 0 Å². The highest BCUT2D eigenvalue weighted by atomic mass is 16.3. The molecule has 0 bridgehead atoms. The van der Waals surface area contributed by atoms with Crippen LogP contribution in [0.25, 0.3) is 0 Å². The SMILES string of the molecule is CNC1CCN(CCCO)CC1C. The van der Waals surface area contributed by atoms with Crippen molar-refractivity contribution in [1.29, 1.82) is 0 Å². The van der Waals surface area contributed by atoms with Crippen molar-refractivity contribution in [2.75, 3.05) is 33.3 Å². The summed E-state index contributed by atoms with van der Waals surface area (Å²) in [6.45, 7) is 6.02. The maximum atomic E-state index is 8.72. The van der Waals surface area contributed by atoms with E-state index >= 15 is 0 Å². The minimum absolute atomic E-state index is 0.320. The highest BCUT2D eigenvalue weighted by molar-refractivity contribution is 4.81. The van der Waals surface area contributed by atoms with Crippen molar-refractivity contribution >= 4 is 0 Å². The topological polar surface area (TPSA) is 35.5 Å². The predicted molar refractivity (Wildman–Crippen MR) is 54.8 cm³/mol. The molecule has 1 aliphatic heterocycles. The van der Waals surface area contributed by atoms with Crippen LogP contribution < -0.4 is 5.32 Å². The molecule has 0 aliphatic carbocycles. The van der Waals surface area contributed by atoms with Gasteiger partial charge in [-0.25, -0.2) is 0 Å². The summed E-state index contributed by atoms with van der Waals surface area (Å²) in [5, 5.41) is 12.1. The Morgan fingerprint density at radius 1 is 1.54 bits per heavy atom. The fourth-order valence-corrected chi connectivity index (χ4v) is 2.16. The maximum absolute atomic E-state index is 8.72. The van der Waals surface area contributed by atoms with E-state index in [2.05, 4.69) is 17.1 Å². The number of rotatable bonds is 4. The molecule has 0 aromatic heterocycles. The van der Waals surface area contributed by atoms with Crippen LogP contribution in [0.5, 0.6) is 0 Å². The average molecular weight is 186 g/mol. The van der Waals surface area contributed by atoms with Crippen molar-refractivity contribution in [3.63, 3.8) is 0 Å². The number of likely N-dealkylation sites (tertiary alicyclic amines) is 1. The van der Waals surface area contributed by atoms with Gasteiger partial charge in [0, 0.05) is 25.7 Å². The van der Waals surface area contributed by atoms with E-state index in [1.54, 1.807) is 0 Å². The number of hydrogen-bond donors (Lipinski definition) is 2. The fourth-order valence-electron chi connectivity index (χ4n) is 2.16. The molecule has 0 spiro atoms. The first kappa shape index (κ1) is 11.0. The molecule has 1 rings (SSSR count). The van der Waals surface area contributed by atoms with Gasteiger partial charge in [0.25, 0.3) is 0 Å². The molecule has 13 heavy (non-hydrogen) atoms. The van der Waals surface area contributed by atoms with Crippen LogP contribution >= 0.6 is 0 Å². The Hall–Kier alpha value is -0.120. The Morgan fingerprint density at radius 3 is 2.85 bits per heavy atom. The molecule has 78 valence electrons. The molecule has 2 unspecified atom stereocenters. The van der Waals surface area contributed by atoms with E-state index in [1.165, 1.54) is 19.5 Å². The third-order valence-electron chi connectivity index (χ3n) is 2.99. The summed E-state index contributed by atoms with van der Waals surface area (Å²) >= 11 is 0. The molecule has 2 atom stereocenters. The van der Waals surface area contributed by atoms with Crippen LogP contribution in [0.4, 0.5) is 0 Å². The molecule has 1 aliphatic rings. The highest BCUT2D eigenvalue weighted by Crippen LogP contribution is 2.16. The Kier molecular flexibility index (Phi) is 4.70. The summed E-state index contributed by atoms with van der Waals surface area (Å²) in [4.78, 5) is 2.45. The van der Waals surface area contributed by atoms with Gasteiger partial charge < -0.3 is 15.3 Å². The third-order valence-corrected chi connectivity index (χ3v) is 2.99. The number of hydrogen-bond acceptors (Lipinski definition) is 3. The van der Waals surface area contributed by atoms with Crippen molar-refractivity contribution in [1.82, 2.24) is 10.2 Å². The molecule has 0 aromatic carbocycles. The van der Waals surface area contributed by atoms with E-state index in [0.29, 0.717) is 12.6 Å². The van der Waals surface area contributed by atoms with Gasteiger partial charge in [-0.3, -0.25) is 0 Å². The summed E-state index contributed by atoms with van der Waals surface area (Å²) in [5.41, 5.74) is 0. The lowest BCUT2D eigenvalue weighted by Crippen LogP contribution is -2.47. The number of aliphatic hydroxyl groups is 1. The molecule has 3 nitrogen and oxygen atoms in total. The smallest absolute Gasteiger partial charge is 0.0443 e. The molecule has 1 saturated heterocycles. The van der Waals surface area contributed by atoms with Crippen LogP contribution in [-0.2, 0) is 0 Å². The minimum atomic E-state index is 0.320. The fraction of sp³-hybridized carbons (Fsp3) is 1.00. The molecule has 0 aromatic rings. The predicted octanol–water partition coefficient (Wildman–Crippen LogP) is 0.299. The van der Waals surface area contributed by atoms with Gasteiger partial charge in [-0.2, -0.15) is 0 Å². The molecule has 1 fully saturated rings. The van der Waals surface area contributed by atoms with Crippen LogP contribution in [0.3, 0.4) is 0 Å². The first-order valence-electron chi connectivity index (χ1n) is 5.28. The molecule has 0 saturated carbocycles. The van der Waals surface area contributed by atoms with Crippen LogP contribution in [0.15, 0.2) is 0 Å². The van der Waals surface area contributed by atoms with Crippen LogP contribution in [-0.4, -0.2) is 49.3 Å². The van der Waals surface area contributed by atoms with Gasteiger partial charge in [0.2, 0.25) is 0 Å². The standard InChI is InChI=1S/C10H22N2O/c1-9-8-12(5-3-7-13)6-4-10(9)11-2/h9-11,13H,3-8H2,1-2H3. The summed E-state index contributed by atoms with van der Waals surface area (Å²) < 4.78 is 0. The zero-order valence-corrected chi connectivity index (χ0v) is 8.79. The second-order valence-electron chi connectivity index (χ2n) is 4.04. The number of nitrogens with zero attached hydrogens (tertiary/aromatic N) is 1. The lowest BCUT2D eigenvalue weighted by molar-refractivity contribution is 0.140. The molecule has 0 amide bonds. The van der Waals surface area contributed by atoms with Gasteiger partial charge in [0.1, 0.15) is 0 Å². The highest BCUT2D eigenvalue weighted by Gasteiger charge is 2.23. The van der Waals surface area contributed by atoms with Crippen molar-refractivity contribution in [2.24, 2.45) is 5.92 Å². The third kappa shape index (κ3) is 3.25. The van der Waals surface area contributed by atoms with Crippen LogP contribution in [0.2, 0.25) is 0 Å². The van der Waals surface area contributed by atoms with E-state index < -0.39 is 0 Å². The first-order valence-corrected chi connectivity index (χ1v) is 5.28. The van der Waals surface area contributed by atoms with Gasteiger partial charge in [-0.1, -0.05) is 6.92 Å². The monoisotopic (exact) mass is 186 g/mol. The second-order valence-corrected chi connectivity index (χ2v) is 4.04. The lowest BCUT2D eigenvalue weighted by Gasteiger charge is -2.36. The average Bonchev–Trinajstić information content (AvgIpc) is 2.15. The van der Waals surface area contributed by atoms with Crippen LogP contribution in [0, 0.1) is 5.92 Å². The Labute approximate surface area is 81.1 Å². The van der Waals surface area contributed by atoms with Crippen LogP contribution in [0.1, 0.15) is 19.8 Å². The van der Waals surface area contributed by atoms with Crippen molar-refractivity contribution < 1.29 is 5.11 Å². The molecule has 3 heteroatoms. The summed E-state index contributed by atoms with van der Waals surface area (Å²) in [5.74, 6) is 0.734. The summed E-state index contributed by atoms with van der Waals surface area (Å²) in [7, 11) is 2.05. The van der Waals surface area contributed by atoms with E-state index in [9.17, 15) is 0 Å². The maximum Gasteiger partial charge on any atom is 0.0443 e. The Morgan fingerprint density at radius 2 is 2.31 bits per heavy atom. The normalized spacial score (nSPS) is 30.7. The minimum Gasteiger partial charge on any atom is -0.396 e. The van der Waals surface area contributed by atoms with Gasteiger partial charge in [-0.15, -0.1) is 0 Å². The zero-order chi connectivity index (χ0) is 9.68. The van der Waals surface area contributed by atoms with Gasteiger partial charge in [0.05, 0.1) is 0 Å². The number of nitrogens with one attached hydrogen (secondary N) is 1. The quantitative estimate of drug-likeness (QED) is 0.663. The molecule has 0 radical (unpaired) electrons. The van der Waals surface area contributed by atoms with Gasteiger partial charge in [-0.05, 0) is 32.4 Å². The van der Waals surface area contributed by atoms with Crippen molar-refractivity contribution in [3.8, 4) is 0 Å². The number of aliphatic hydroxyl groups excluding tert-OH is 1. The lowest BCUT2D eigenvalue weighted by atomic mass is 9.94. The Balaban J connectivity index is 2.24. The summed E-state index contributed by atoms with van der Waals surface area (Å²) in [6, 6.07) is 0.686. The largest absolute Gasteiger partial charge is 0.396 e. The van der Waals surface area contributed by atoms with E-state index in [1.807, 2.05) is 7.05 Å². The number of piperidine rings is 1. The molecule has 2 N–H and O–H groups in total. The van der Waals surface area contributed by atoms with E-state index in [4.69, 9.17) is 5.11 Å². The first-order chi connectivity index (χ1) is 6.27. The molecular formula is C10H22N2O. The van der Waals surface area contributed by atoms with E-state index in [-0.39, 0.29) is 0 Å². The molecular weight excluding hydrogens is 164 g/mol. The Bertz CT molecular complexity index is 141. The van der Waals surface area contributed by atoms with Gasteiger partial charge in [0.15, 0.2) is 0 Å². The van der Waals surface area contributed by atoms with Gasteiger partial charge >= 0.3 is 0 Å². The van der Waals surface area contributed by atoms with Crippen molar-refractivity contribution in [2.45, 2.75) is 25.8 Å². The van der Waals surface area contributed by atoms with E-state index in [0.717, 1.165) is 18.9 Å². The second kappa shape index (κ2) is 5.58. The molecule has 1 heterocycles. The summed E-state index contributed by atoms with van der Waals surface area (Å²) in [6.07, 6.45) is 2.15. The zero-order valence-electron chi connectivity index (χ0n) is 8.79.